The Morgan fingerprint density at radius 2 is 1.61 bits per heavy atom. The predicted octanol–water partition coefficient (Wildman–Crippen LogP) is 4.14. The van der Waals surface area contributed by atoms with Gasteiger partial charge in [-0.1, -0.05) is 11.6 Å². The van der Waals surface area contributed by atoms with Crippen molar-refractivity contribution in [3.8, 4) is 0 Å². The lowest BCUT2D eigenvalue weighted by atomic mass is 10.1. The molecule has 1 heterocycles. The normalized spacial score (nSPS) is 14.5. The van der Waals surface area contributed by atoms with Gasteiger partial charge in [-0.15, -0.1) is 0 Å². The molecule has 0 aromatic heterocycles. The lowest BCUT2D eigenvalue weighted by molar-refractivity contribution is -0.384. The highest BCUT2D eigenvalue weighted by Gasteiger charge is 2.34. The van der Waals surface area contributed by atoms with Crippen LogP contribution in [0.1, 0.15) is 15.9 Å². The van der Waals surface area contributed by atoms with Gasteiger partial charge in [0.1, 0.15) is 5.69 Å². The van der Waals surface area contributed by atoms with Crippen molar-refractivity contribution in [1.29, 1.82) is 0 Å². The first-order chi connectivity index (χ1) is 14.5. The lowest BCUT2D eigenvalue weighted by Crippen LogP contribution is -2.49. The summed E-state index contributed by atoms with van der Waals surface area (Å²) in [4.78, 5) is 36.2. The Kier molecular flexibility index (Phi) is 6.02. The molecule has 1 fully saturated rings. The van der Waals surface area contributed by atoms with E-state index < -0.39 is 33.2 Å². The van der Waals surface area contributed by atoms with Crippen LogP contribution in [0.4, 0.5) is 30.2 Å². The molecule has 2 aromatic rings. The highest BCUT2D eigenvalue weighted by atomic mass is 35.5. The quantitative estimate of drug-likeness (QED) is 0.503. The maximum Gasteiger partial charge on any atom is 0.416 e. The molecule has 1 amide bonds. The molecule has 0 N–H and O–H groups in total. The molecule has 0 radical (unpaired) electrons. The Bertz CT molecular complexity index is 1050. The molecular formula is C18H14ClF3N4O5. The van der Waals surface area contributed by atoms with Crippen molar-refractivity contribution >= 4 is 34.6 Å². The van der Waals surface area contributed by atoms with Gasteiger partial charge in [0.2, 0.25) is 0 Å². The van der Waals surface area contributed by atoms with E-state index in [0.29, 0.717) is 6.07 Å². The maximum atomic E-state index is 12.9. The molecule has 13 heteroatoms. The van der Waals surface area contributed by atoms with Crippen LogP contribution in [0, 0.1) is 20.2 Å². The van der Waals surface area contributed by atoms with Crippen molar-refractivity contribution in [2.75, 3.05) is 31.1 Å². The van der Waals surface area contributed by atoms with Gasteiger partial charge < -0.3 is 9.80 Å². The van der Waals surface area contributed by atoms with E-state index in [4.69, 9.17) is 11.6 Å². The first-order valence-corrected chi connectivity index (χ1v) is 9.20. The molecule has 0 aliphatic carbocycles. The summed E-state index contributed by atoms with van der Waals surface area (Å²) in [5.74, 6) is -0.471. The van der Waals surface area contributed by atoms with E-state index in [-0.39, 0.29) is 48.1 Å². The fourth-order valence-electron chi connectivity index (χ4n) is 3.23. The number of carbonyl (C=O) groups excluding carboxylic acids is 1. The van der Waals surface area contributed by atoms with Crippen LogP contribution in [0.2, 0.25) is 5.02 Å². The summed E-state index contributed by atoms with van der Waals surface area (Å²) in [5.41, 5.74) is -1.96. The number of hydrogen-bond acceptors (Lipinski definition) is 6. The molecule has 164 valence electrons. The van der Waals surface area contributed by atoms with E-state index in [1.54, 1.807) is 0 Å². The van der Waals surface area contributed by atoms with Gasteiger partial charge in [-0.2, -0.15) is 13.2 Å². The van der Waals surface area contributed by atoms with Crippen molar-refractivity contribution in [3.63, 3.8) is 0 Å². The number of anilines is 1. The fourth-order valence-corrected chi connectivity index (χ4v) is 3.48. The van der Waals surface area contributed by atoms with Crippen molar-refractivity contribution in [2.24, 2.45) is 0 Å². The summed E-state index contributed by atoms with van der Waals surface area (Å²) in [7, 11) is 0. The van der Waals surface area contributed by atoms with Crippen molar-refractivity contribution in [1.82, 2.24) is 4.90 Å². The van der Waals surface area contributed by atoms with Gasteiger partial charge in [-0.05, 0) is 18.2 Å². The van der Waals surface area contributed by atoms with E-state index in [1.807, 2.05) is 0 Å². The molecule has 1 aliphatic rings. The van der Waals surface area contributed by atoms with E-state index in [0.717, 1.165) is 24.3 Å². The molecule has 31 heavy (non-hydrogen) atoms. The Morgan fingerprint density at radius 3 is 2.13 bits per heavy atom. The second kappa shape index (κ2) is 8.38. The third-order valence-electron chi connectivity index (χ3n) is 4.80. The number of piperazine rings is 1. The van der Waals surface area contributed by atoms with Crippen LogP contribution in [0.5, 0.6) is 0 Å². The molecule has 0 unspecified atom stereocenters. The average Bonchev–Trinajstić information content (AvgIpc) is 2.72. The first kappa shape index (κ1) is 22.3. The minimum atomic E-state index is -4.71. The molecule has 1 aliphatic heterocycles. The summed E-state index contributed by atoms with van der Waals surface area (Å²) in [5, 5.41) is 22.0. The molecule has 0 atom stereocenters. The van der Waals surface area contributed by atoms with Crippen LogP contribution < -0.4 is 4.90 Å². The molecule has 0 bridgehead atoms. The lowest BCUT2D eigenvalue weighted by Gasteiger charge is -2.36. The monoisotopic (exact) mass is 458 g/mol. The Labute approximate surface area is 177 Å². The maximum absolute atomic E-state index is 12.9. The Hall–Kier alpha value is -3.41. The standard InChI is InChI=1S/C18H14ClF3N4O5/c19-14-10-12(25(28)29)2-3-13(14)17(27)24-7-5-23(6-8-24)15-4-1-11(18(20,21)22)9-16(15)26(30)31/h1-4,9-10H,5-8H2. The second-order valence-corrected chi connectivity index (χ2v) is 7.07. The number of benzene rings is 2. The summed E-state index contributed by atoms with van der Waals surface area (Å²) >= 11 is 5.99. The minimum absolute atomic E-state index is 0.0264. The largest absolute Gasteiger partial charge is 0.416 e. The van der Waals surface area contributed by atoms with E-state index >= 15 is 0 Å². The molecule has 1 saturated heterocycles. The molecule has 0 saturated carbocycles. The van der Waals surface area contributed by atoms with Gasteiger partial charge in [-0.25, -0.2) is 0 Å². The van der Waals surface area contributed by atoms with Crippen LogP contribution in [0.3, 0.4) is 0 Å². The van der Waals surface area contributed by atoms with Crippen LogP contribution in [-0.2, 0) is 6.18 Å². The fraction of sp³-hybridized carbons (Fsp3) is 0.278. The number of alkyl halides is 3. The number of non-ortho nitro benzene ring substituents is 1. The van der Waals surface area contributed by atoms with Crippen molar-refractivity contribution < 1.29 is 27.8 Å². The molecule has 9 nitrogen and oxygen atoms in total. The summed E-state index contributed by atoms with van der Waals surface area (Å²) in [6, 6.07) is 5.78. The van der Waals surface area contributed by atoms with E-state index in [9.17, 15) is 38.2 Å². The van der Waals surface area contributed by atoms with Crippen molar-refractivity contribution in [3.05, 3.63) is 72.8 Å². The van der Waals surface area contributed by atoms with Crippen LogP contribution in [-0.4, -0.2) is 46.8 Å². The zero-order valence-electron chi connectivity index (χ0n) is 15.6. The minimum Gasteiger partial charge on any atom is -0.362 e. The number of rotatable bonds is 4. The summed E-state index contributed by atoms with van der Waals surface area (Å²) < 4.78 is 38.6. The molecular weight excluding hydrogens is 445 g/mol. The SMILES string of the molecule is O=C(c1ccc([N+](=O)[O-])cc1Cl)N1CCN(c2ccc(C(F)(F)F)cc2[N+](=O)[O-])CC1. The number of halogens is 4. The van der Waals surface area contributed by atoms with Crippen LogP contribution in [0.15, 0.2) is 36.4 Å². The van der Waals surface area contributed by atoms with Gasteiger partial charge in [-0.3, -0.25) is 25.0 Å². The Morgan fingerprint density at radius 1 is 0.968 bits per heavy atom. The van der Waals surface area contributed by atoms with Gasteiger partial charge in [0, 0.05) is 44.4 Å². The zero-order chi connectivity index (χ0) is 22.9. The smallest absolute Gasteiger partial charge is 0.362 e. The van der Waals surface area contributed by atoms with Crippen LogP contribution in [0.25, 0.3) is 0 Å². The van der Waals surface area contributed by atoms with Gasteiger partial charge in [0.05, 0.1) is 26.0 Å². The second-order valence-electron chi connectivity index (χ2n) is 6.66. The van der Waals surface area contributed by atoms with Gasteiger partial charge in [0.15, 0.2) is 0 Å². The molecule has 0 spiro atoms. The van der Waals surface area contributed by atoms with Gasteiger partial charge in [0.25, 0.3) is 17.3 Å². The average molecular weight is 459 g/mol. The summed E-state index contributed by atoms with van der Waals surface area (Å²) in [6.07, 6.45) is -4.71. The number of nitro benzene ring substituents is 2. The van der Waals surface area contributed by atoms with E-state index in [2.05, 4.69) is 0 Å². The third-order valence-corrected chi connectivity index (χ3v) is 5.11. The van der Waals surface area contributed by atoms with Crippen molar-refractivity contribution in [2.45, 2.75) is 6.18 Å². The Balaban J connectivity index is 1.76. The number of hydrogen-bond donors (Lipinski definition) is 0. The van der Waals surface area contributed by atoms with Gasteiger partial charge >= 0.3 is 6.18 Å². The number of nitrogens with zero attached hydrogens (tertiary/aromatic N) is 4. The predicted molar refractivity (Wildman–Crippen MR) is 104 cm³/mol. The summed E-state index contributed by atoms with van der Waals surface area (Å²) in [6.45, 7) is 0.541. The number of carbonyl (C=O) groups is 1. The third kappa shape index (κ3) is 4.68. The highest BCUT2D eigenvalue weighted by molar-refractivity contribution is 6.34. The number of amides is 1. The molecule has 2 aromatic carbocycles. The zero-order valence-corrected chi connectivity index (χ0v) is 16.4. The number of nitro groups is 2. The topological polar surface area (TPSA) is 110 Å². The van der Waals surface area contributed by atoms with Crippen LogP contribution >= 0.6 is 11.6 Å². The highest BCUT2D eigenvalue weighted by Crippen LogP contribution is 2.37. The first-order valence-electron chi connectivity index (χ1n) is 8.83. The van der Waals surface area contributed by atoms with E-state index in [1.165, 1.54) is 15.9 Å². The molecule has 3 rings (SSSR count).